The van der Waals surface area contributed by atoms with E-state index >= 15 is 0 Å². The Morgan fingerprint density at radius 2 is 1.78 bits per heavy atom. The number of carboxylic acid groups (broad SMARTS) is 1. The number of carboxylic acids is 1. The lowest BCUT2D eigenvalue weighted by molar-refractivity contribution is -0.150. The second-order valence-corrected chi connectivity index (χ2v) is 13.4. The summed E-state index contributed by atoms with van der Waals surface area (Å²) in [5, 5.41) is 9.17. The van der Waals surface area contributed by atoms with E-state index in [4.69, 9.17) is 9.84 Å². The summed E-state index contributed by atoms with van der Waals surface area (Å²) in [4.78, 5) is 64.8. The van der Waals surface area contributed by atoms with Gasteiger partial charge in [0.2, 0.25) is 0 Å². The molecule has 8 atom stereocenters. The Hall–Kier alpha value is -2.41. The fourth-order valence-corrected chi connectivity index (χ4v) is 8.94. The predicted octanol–water partition coefficient (Wildman–Crippen LogP) is 4.28. The van der Waals surface area contributed by atoms with Crippen molar-refractivity contribution in [3.63, 3.8) is 0 Å². The average molecular weight is 511 g/mol. The van der Waals surface area contributed by atoms with Crippen LogP contribution in [0.15, 0.2) is 23.3 Å². The highest BCUT2D eigenvalue weighted by Crippen LogP contribution is 2.78. The quantitative estimate of drug-likeness (QED) is 0.433. The molecule has 4 fully saturated rings. The second kappa shape index (κ2) is 7.58. The lowest BCUT2D eigenvalue weighted by atomic mass is 9.41. The van der Waals surface area contributed by atoms with Gasteiger partial charge < -0.3 is 9.84 Å². The monoisotopic (exact) mass is 510 g/mol. The van der Waals surface area contributed by atoms with E-state index in [1.807, 2.05) is 27.7 Å². The van der Waals surface area contributed by atoms with E-state index in [1.165, 1.54) is 13.0 Å². The maximum atomic E-state index is 14.1. The van der Waals surface area contributed by atoms with Gasteiger partial charge in [-0.1, -0.05) is 40.2 Å². The largest absolute Gasteiger partial charge is 0.481 e. The number of Topliss-reactive ketones (excluding diaryl/α,β-unsaturated/α-hetero) is 2. The van der Waals surface area contributed by atoms with Gasteiger partial charge >= 0.3 is 5.97 Å². The van der Waals surface area contributed by atoms with Gasteiger partial charge in [0.15, 0.2) is 11.6 Å². The Kier molecular flexibility index (Phi) is 5.37. The van der Waals surface area contributed by atoms with Crippen molar-refractivity contribution in [2.24, 2.45) is 39.4 Å². The molecule has 0 aromatic carbocycles. The number of rotatable bonds is 5. The highest BCUT2D eigenvalue weighted by Gasteiger charge is 2.86. The predicted molar refractivity (Wildman–Crippen MR) is 134 cm³/mol. The summed E-state index contributed by atoms with van der Waals surface area (Å²) >= 11 is 0. The topological polar surface area (TPSA) is 118 Å². The molecule has 1 heterocycles. The van der Waals surface area contributed by atoms with Crippen molar-refractivity contribution >= 4 is 29.1 Å². The molecule has 1 spiro atoms. The fraction of sp³-hybridized carbons (Fsp3) is 0.700. The first kappa shape index (κ1) is 26.2. The zero-order chi connectivity index (χ0) is 27.5. The minimum absolute atomic E-state index is 0.0247. The molecule has 0 bridgehead atoms. The van der Waals surface area contributed by atoms with Gasteiger partial charge in [-0.25, -0.2) is 0 Å². The third-order valence-corrected chi connectivity index (χ3v) is 11.5. The van der Waals surface area contributed by atoms with Crippen LogP contribution in [0.5, 0.6) is 0 Å². The number of carbonyl (C=O) groups is 5. The highest BCUT2D eigenvalue weighted by atomic mass is 16.6. The summed E-state index contributed by atoms with van der Waals surface area (Å²) in [5.74, 6) is -2.55. The smallest absolute Gasteiger partial charge is 0.306 e. The summed E-state index contributed by atoms with van der Waals surface area (Å²) in [6, 6.07) is 0. The summed E-state index contributed by atoms with van der Waals surface area (Å²) in [5.41, 5.74) is -2.50. The Balaban J connectivity index is 1.58. The van der Waals surface area contributed by atoms with Crippen LogP contribution in [0.1, 0.15) is 80.6 Å². The number of hydrogen-bond donors (Lipinski definition) is 1. The first-order chi connectivity index (χ1) is 17.0. The van der Waals surface area contributed by atoms with E-state index in [2.05, 4.69) is 6.92 Å². The van der Waals surface area contributed by atoms with Crippen LogP contribution in [0.3, 0.4) is 0 Å². The van der Waals surface area contributed by atoms with Crippen LogP contribution < -0.4 is 0 Å². The van der Waals surface area contributed by atoms with Crippen molar-refractivity contribution in [3.05, 3.63) is 23.3 Å². The number of hydrogen-bond acceptors (Lipinski definition) is 6. The number of carbonyl (C=O) groups excluding carboxylic acids is 4. The van der Waals surface area contributed by atoms with Gasteiger partial charge in [-0.15, -0.1) is 0 Å². The molecule has 0 aromatic rings. The van der Waals surface area contributed by atoms with Crippen LogP contribution in [0.25, 0.3) is 0 Å². The van der Waals surface area contributed by atoms with E-state index < -0.39 is 45.1 Å². The number of ketones is 4. The Morgan fingerprint density at radius 1 is 1.14 bits per heavy atom. The molecule has 5 rings (SSSR count). The molecular weight excluding hydrogens is 472 g/mol. The SMILES string of the molecule is C/C(=C\C(=O)CC(C)C(=O)O)[C@H]1CC(=O)[C@]2(C)[C@]1(C)C(=O)C=C1[C@@]3(C)CCC(=O)C(C)(C)[C@@H]3C[C@H]3O[C@@]132. The number of epoxide rings is 1. The molecule has 5 aliphatic rings. The zero-order valence-corrected chi connectivity index (χ0v) is 22.9. The lowest BCUT2D eigenvalue weighted by Gasteiger charge is -2.59. The fourth-order valence-electron chi connectivity index (χ4n) is 8.94. The third kappa shape index (κ3) is 2.95. The maximum absolute atomic E-state index is 14.1. The van der Waals surface area contributed by atoms with E-state index in [-0.39, 0.29) is 48.0 Å². The van der Waals surface area contributed by atoms with Crippen molar-refractivity contribution in [1.82, 2.24) is 0 Å². The van der Waals surface area contributed by atoms with Gasteiger partial charge in [-0.2, -0.15) is 0 Å². The summed E-state index contributed by atoms with van der Waals surface area (Å²) in [6.07, 6.45) is 4.67. The van der Waals surface area contributed by atoms with E-state index in [0.717, 1.165) is 5.57 Å². The van der Waals surface area contributed by atoms with Gasteiger partial charge in [-0.05, 0) is 55.7 Å². The average Bonchev–Trinajstić information content (AvgIpc) is 3.49. The van der Waals surface area contributed by atoms with Crippen LogP contribution in [-0.2, 0) is 28.7 Å². The molecule has 7 nitrogen and oxygen atoms in total. The van der Waals surface area contributed by atoms with Crippen molar-refractivity contribution in [1.29, 1.82) is 0 Å². The van der Waals surface area contributed by atoms with Crippen molar-refractivity contribution in [2.45, 2.75) is 92.3 Å². The number of allylic oxidation sites excluding steroid dienone is 3. The molecule has 37 heavy (non-hydrogen) atoms. The van der Waals surface area contributed by atoms with E-state index in [1.54, 1.807) is 13.0 Å². The first-order valence-electron chi connectivity index (χ1n) is 13.4. The van der Waals surface area contributed by atoms with Gasteiger partial charge in [0.1, 0.15) is 17.2 Å². The molecule has 1 N–H and O–H groups in total. The molecule has 7 heteroatoms. The van der Waals surface area contributed by atoms with Crippen molar-refractivity contribution in [2.75, 3.05) is 0 Å². The van der Waals surface area contributed by atoms with Gasteiger partial charge in [0.25, 0.3) is 0 Å². The number of ether oxygens (including phenoxy) is 1. The van der Waals surface area contributed by atoms with Crippen molar-refractivity contribution in [3.8, 4) is 0 Å². The van der Waals surface area contributed by atoms with Gasteiger partial charge in [0.05, 0.1) is 22.9 Å². The van der Waals surface area contributed by atoms with Gasteiger partial charge in [-0.3, -0.25) is 24.0 Å². The Bertz CT molecular complexity index is 1220. The normalized spacial score (nSPS) is 44.7. The van der Waals surface area contributed by atoms with Crippen LogP contribution in [0, 0.1) is 39.4 Å². The molecule has 1 aliphatic heterocycles. The molecule has 0 amide bonds. The molecule has 1 unspecified atom stereocenters. The Labute approximate surface area is 218 Å². The molecule has 1 saturated heterocycles. The molecular formula is C30H38O7. The molecule has 0 radical (unpaired) electrons. The molecule has 200 valence electrons. The second-order valence-electron chi connectivity index (χ2n) is 13.4. The Morgan fingerprint density at radius 3 is 2.41 bits per heavy atom. The van der Waals surface area contributed by atoms with Crippen LogP contribution in [0.2, 0.25) is 0 Å². The van der Waals surface area contributed by atoms with Crippen LogP contribution in [0.4, 0.5) is 0 Å². The molecule has 0 aromatic heterocycles. The summed E-state index contributed by atoms with van der Waals surface area (Å²) < 4.78 is 6.54. The highest BCUT2D eigenvalue weighted by molar-refractivity contribution is 6.08. The minimum atomic E-state index is -1.09. The van der Waals surface area contributed by atoms with Gasteiger partial charge in [0, 0.05) is 30.6 Å². The molecule has 4 aliphatic carbocycles. The maximum Gasteiger partial charge on any atom is 0.306 e. The number of fused-ring (bicyclic) bond motifs is 3. The standard InChI is InChI=1S/C30H38O7/c1-15(10-17(31)11-16(2)25(35)36)18-12-23(34)29(7)28(18,6)22(33)13-20-27(5)9-8-21(32)26(3,4)19(27)14-24-30(20,29)37-24/h10,13,16,18-19,24H,8-9,11-12,14H2,1-7H3,(H,35,36)/b15-10+/t16?,18-,19+,24-,27+,28+,29-,30+/m1/s1. The lowest BCUT2D eigenvalue weighted by Crippen LogP contribution is -2.65. The van der Waals surface area contributed by atoms with Crippen LogP contribution >= 0.6 is 0 Å². The number of aliphatic carboxylic acids is 1. The third-order valence-electron chi connectivity index (χ3n) is 11.5. The first-order valence-corrected chi connectivity index (χ1v) is 13.4. The van der Waals surface area contributed by atoms with E-state index in [9.17, 15) is 24.0 Å². The van der Waals surface area contributed by atoms with Crippen molar-refractivity contribution < 1.29 is 33.8 Å². The minimum Gasteiger partial charge on any atom is -0.481 e. The summed E-state index contributed by atoms with van der Waals surface area (Å²) in [7, 11) is 0. The summed E-state index contributed by atoms with van der Waals surface area (Å²) in [6.45, 7) is 13.1. The molecule has 3 saturated carbocycles. The van der Waals surface area contributed by atoms with Crippen LogP contribution in [-0.4, -0.2) is 45.9 Å². The van der Waals surface area contributed by atoms with E-state index in [0.29, 0.717) is 24.8 Å². The zero-order valence-electron chi connectivity index (χ0n) is 22.9.